The molecule has 160 valence electrons. The molecule has 0 unspecified atom stereocenters. The van der Waals surface area contributed by atoms with E-state index in [1.807, 2.05) is 17.0 Å². The summed E-state index contributed by atoms with van der Waals surface area (Å²) in [6.07, 6.45) is 11.2. The molecular weight excluding hydrogens is 408 g/mol. The standard InChI is InChI=1S/C24H26N4O2S/c29-22(27-10-7-17(8-11-27)14-20-3-2-12-31-20)6-5-18-13-19-16-28-9-1-4-21(28)24(30)26-23(19)25-15-18/h2-3,5-7,12-13,15,21H,1,4,8-11,14,16H2,(H,25,26,30)/t21-/m0/s1. The number of hydrogen-bond donors (Lipinski definition) is 1. The first kappa shape index (κ1) is 20.2. The second-order valence-electron chi connectivity index (χ2n) is 8.38. The lowest BCUT2D eigenvalue weighted by atomic mass is 10.0. The third-order valence-electron chi connectivity index (χ3n) is 6.28. The summed E-state index contributed by atoms with van der Waals surface area (Å²) in [5.41, 5.74) is 3.30. The summed E-state index contributed by atoms with van der Waals surface area (Å²) in [5, 5.41) is 5.07. The number of pyridine rings is 1. The molecule has 0 bridgehead atoms. The van der Waals surface area contributed by atoms with Crippen molar-refractivity contribution in [3.05, 3.63) is 63.5 Å². The first-order chi connectivity index (χ1) is 15.2. The Hall–Kier alpha value is -2.77. The Balaban J connectivity index is 1.22. The lowest BCUT2D eigenvalue weighted by Crippen LogP contribution is -2.36. The minimum Gasteiger partial charge on any atom is -0.335 e. The highest BCUT2D eigenvalue weighted by Crippen LogP contribution is 2.28. The number of amides is 2. The quantitative estimate of drug-likeness (QED) is 0.591. The summed E-state index contributed by atoms with van der Waals surface area (Å²) in [6.45, 7) is 3.07. The highest BCUT2D eigenvalue weighted by atomic mass is 32.1. The first-order valence-corrected chi connectivity index (χ1v) is 11.7. The molecule has 5 heterocycles. The van der Waals surface area contributed by atoms with Crippen molar-refractivity contribution >= 4 is 35.0 Å². The summed E-state index contributed by atoms with van der Waals surface area (Å²) < 4.78 is 0. The predicted octanol–water partition coefficient (Wildman–Crippen LogP) is 3.47. The van der Waals surface area contributed by atoms with Crippen molar-refractivity contribution in [2.45, 2.75) is 38.3 Å². The maximum absolute atomic E-state index is 12.7. The van der Waals surface area contributed by atoms with E-state index in [1.54, 1.807) is 23.6 Å². The van der Waals surface area contributed by atoms with Crippen LogP contribution in [0.3, 0.4) is 0 Å². The van der Waals surface area contributed by atoms with Crippen molar-refractivity contribution in [3.8, 4) is 0 Å². The van der Waals surface area contributed by atoms with Gasteiger partial charge in [-0.25, -0.2) is 4.98 Å². The molecule has 1 fully saturated rings. The molecule has 5 rings (SSSR count). The number of hydrogen-bond acceptors (Lipinski definition) is 5. The van der Waals surface area contributed by atoms with Crippen molar-refractivity contribution in [1.82, 2.24) is 14.8 Å². The van der Waals surface area contributed by atoms with Crippen molar-refractivity contribution in [2.75, 3.05) is 25.0 Å². The van der Waals surface area contributed by atoms with E-state index in [2.05, 4.69) is 38.8 Å². The van der Waals surface area contributed by atoms with Gasteiger partial charge in [0.25, 0.3) is 0 Å². The number of aromatic nitrogens is 1. The monoisotopic (exact) mass is 434 g/mol. The molecule has 1 N–H and O–H groups in total. The van der Waals surface area contributed by atoms with Crippen LogP contribution in [-0.4, -0.2) is 52.3 Å². The Morgan fingerprint density at radius 1 is 1.35 bits per heavy atom. The van der Waals surface area contributed by atoms with Gasteiger partial charge >= 0.3 is 0 Å². The zero-order valence-corrected chi connectivity index (χ0v) is 18.2. The van der Waals surface area contributed by atoms with Gasteiger partial charge in [-0.15, -0.1) is 11.3 Å². The molecule has 1 saturated heterocycles. The molecule has 1 atom stereocenters. The van der Waals surface area contributed by atoms with Crippen molar-refractivity contribution < 1.29 is 9.59 Å². The fourth-order valence-corrected chi connectivity index (χ4v) is 5.32. The molecule has 2 aromatic rings. The van der Waals surface area contributed by atoms with Gasteiger partial charge in [0, 0.05) is 48.8 Å². The number of nitrogens with zero attached hydrogens (tertiary/aromatic N) is 3. The van der Waals surface area contributed by atoms with Gasteiger partial charge in [-0.2, -0.15) is 0 Å². The van der Waals surface area contributed by atoms with Crippen molar-refractivity contribution in [1.29, 1.82) is 0 Å². The molecule has 0 aliphatic carbocycles. The predicted molar refractivity (Wildman–Crippen MR) is 123 cm³/mol. The lowest BCUT2D eigenvalue weighted by Gasteiger charge is -2.25. The molecule has 0 radical (unpaired) electrons. The minimum atomic E-state index is -0.0494. The number of carbonyl (C=O) groups excluding carboxylic acids is 2. The molecule has 3 aliphatic heterocycles. The van der Waals surface area contributed by atoms with Gasteiger partial charge < -0.3 is 10.2 Å². The zero-order chi connectivity index (χ0) is 21.2. The molecule has 0 aromatic carbocycles. The van der Waals surface area contributed by atoms with Gasteiger partial charge in [0.05, 0.1) is 6.04 Å². The number of rotatable bonds is 4. The molecule has 3 aliphatic rings. The number of nitrogens with one attached hydrogen (secondary N) is 1. The summed E-state index contributed by atoms with van der Waals surface area (Å²) in [6, 6.07) is 6.23. The summed E-state index contributed by atoms with van der Waals surface area (Å²) in [7, 11) is 0. The van der Waals surface area contributed by atoms with E-state index in [-0.39, 0.29) is 17.9 Å². The fraction of sp³-hybridized carbons (Fsp3) is 0.375. The minimum absolute atomic E-state index is 0.0225. The average molecular weight is 435 g/mol. The number of carbonyl (C=O) groups is 2. The summed E-state index contributed by atoms with van der Waals surface area (Å²) in [5.74, 6) is 0.704. The Morgan fingerprint density at radius 3 is 3.10 bits per heavy atom. The van der Waals surface area contributed by atoms with Gasteiger partial charge in [0.15, 0.2) is 0 Å². The molecule has 0 saturated carbocycles. The van der Waals surface area contributed by atoms with Gasteiger partial charge in [-0.05, 0) is 55.0 Å². The molecule has 6 nitrogen and oxygen atoms in total. The lowest BCUT2D eigenvalue weighted by molar-refractivity contribution is -0.125. The molecule has 31 heavy (non-hydrogen) atoms. The normalized spacial score (nSPS) is 21.4. The van der Waals surface area contributed by atoms with Gasteiger partial charge in [-0.3, -0.25) is 14.5 Å². The highest BCUT2D eigenvalue weighted by Gasteiger charge is 2.34. The Bertz CT molecular complexity index is 1040. The second-order valence-corrected chi connectivity index (χ2v) is 9.41. The van der Waals surface area contributed by atoms with Crippen LogP contribution < -0.4 is 5.32 Å². The van der Waals surface area contributed by atoms with Gasteiger partial charge in [0.1, 0.15) is 5.82 Å². The van der Waals surface area contributed by atoms with E-state index in [0.29, 0.717) is 18.9 Å². The molecule has 2 amide bonds. The van der Waals surface area contributed by atoms with Crippen LogP contribution in [0.5, 0.6) is 0 Å². The highest BCUT2D eigenvalue weighted by molar-refractivity contribution is 7.09. The van der Waals surface area contributed by atoms with E-state index in [1.165, 1.54) is 10.5 Å². The number of fused-ring (bicyclic) bond motifs is 2. The zero-order valence-electron chi connectivity index (χ0n) is 17.4. The third-order valence-corrected chi connectivity index (χ3v) is 7.16. The third kappa shape index (κ3) is 4.48. The maximum atomic E-state index is 12.7. The van der Waals surface area contributed by atoms with E-state index in [9.17, 15) is 9.59 Å². The van der Waals surface area contributed by atoms with Crippen LogP contribution in [-0.2, 0) is 22.6 Å². The average Bonchev–Trinajstić information content (AvgIpc) is 3.44. The topological polar surface area (TPSA) is 65.5 Å². The van der Waals surface area contributed by atoms with Crippen molar-refractivity contribution in [3.63, 3.8) is 0 Å². The number of thiophene rings is 1. The summed E-state index contributed by atoms with van der Waals surface area (Å²) in [4.78, 5) is 35.0. The van der Waals surface area contributed by atoms with Crippen LogP contribution in [0, 0.1) is 0 Å². The van der Waals surface area contributed by atoms with E-state index in [0.717, 1.165) is 49.9 Å². The smallest absolute Gasteiger partial charge is 0.246 e. The van der Waals surface area contributed by atoms with Gasteiger partial charge in [0.2, 0.25) is 11.8 Å². The van der Waals surface area contributed by atoms with Crippen LogP contribution in [0.1, 0.15) is 35.3 Å². The van der Waals surface area contributed by atoms with Crippen molar-refractivity contribution in [2.24, 2.45) is 0 Å². The molecule has 2 aromatic heterocycles. The van der Waals surface area contributed by atoms with Crippen LogP contribution in [0.15, 0.2) is 47.5 Å². The largest absolute Gasteiger partial charge is 0.335 e. The van der Waals surface area contributed by atoms with Crippen LogP contribution in [0.2, 0.25) is 0 Å². The molecule has 0 spiro atoms. The Morgan fingerprint density at radius 2 is 2.29 bits per heavy atom. The molecule has 7 heteroatoms. The fourth-order valence-electron chi connectivity index (χ4n) is 4.57. The van der Waals surface area contributed by atoms with Crippen LogP contribution in [0.25, 0.3) is 6.08 Å². The van der Waals surface area contributed by atoms with Crippen LogP contribution in [0.4, 0.5) is 5.82 Å². The summed E-state index contributed by atoms with van der Waals surface area (Å²) >= 11 is 1.78. The molecular formula is C24H26N4O2S. The second kappa shape index (κ2) is 8.77. The van der Waals surface area contributed by atoms with E-state index in [4.69, 9.17) is 0 Å². The van der Waals surface area contributed by atoms with Gasteiger partial charge in [-0.1, -0.05) is 17.7 Å². The maximum Gasteiger partial charge on any atom is 0.246 e. The van der Waals surface area contributed by atoms with E-state index >= 15 is 0 Å². The SMILES string of the molecule is O=C1Nc2ncc(C=CC(=O)N3CC=C(Cc4cccs4)CC3)cc2CN2CCC[C@@H]12. The Kier molecular flexibility index (Phi) is 5.70. The van der Waals surface area contributed by atoms with E-state index < -0.39 is 0 Å². The first-order valence-electron chi connectivity index (χ1n) is 10.9. The van der Waals surface area contributed by atoms with Crippen LogP contribution >= 0.6 is 11.3 Å². The number of anilines is 1. The Labute approximate surface area is 186 Å².